The second kappa shape index (κ2) is 7.31. The van der Waals surface area contributed by atoms with Gasteiger partial charge in [0.1, 0.15) is 4.21 Å². The van der Waals surface area contributed by atoms with Gasteiger partial charge in [0, 0.05) is 29.4 Å². The van der Waals surface area contributed by atoms with E-state index in [9.17, 15) is 13.2 Å². The molecule has 0 bridgehead atoms. The SMILES string of the molecule is Cc1ccc(S(=O)(=O)N2CCC[C@@H](C(=O)N3CCc4sccc4[C@@H]3C)C2)s1. The Morgan fingerprint density at radius 1 is 1.22 bits per heavy atom. The van der Waals surface area contributed by atoms with Gasteiger partial charge in [-0.3, -0.25) is 4.79 Å². The van der Waals surface area contributed by atoms with E-state index in [2.05, 4.69) is 18.4 Å². The van der Waals surface area contributed by atoms with E-state index in [0.29, 0.717) is 10.8 Å². The highest BCUT2D eigenvalue weighted by molar-refractivity contribution is 7.91. The smallest absolute Gasteiger partial charge is 0.252 e. The lowest BCUT2D eigenvalue weighted by Crippen LogP contribution is -2.48. The lowest BCUT2D eigenvalue weighted by molar-refractivity contribution is -0.139. The Morgan fingerprint density at radius 2 is 2.04 bits per heavy atom. The Morgan fingerprint density at radius 3 is 2.78 bits per heavy atom. The average molecular weight is 425 g/mol. The third kappa shape index (κ3) is 3.48. The van der Waals surface area contributed by atoms with Gasteiger partial charge in [0.05, 0.1) is 12.0 Å². The summed E-state index contributed by atoms with van der Waals surface area (Å²) < 4.78 is 27.8. The summed E-state index contributed by atoms with van der Waals surface area (Å²) in [5, 5.41) is 2.09. The van der Waals surface area contributed by atoms with Crippen LogP contribution in [0.2, 0.25) is 0 Å². The van der Waals surface area contributed by atoms with E-state index in [4.69, 9.17) is 0 Å². The summed E-state index contributed by atoms with van der Waals surface area (Å²) in [7, 11) is -3.51. The molecule has 2 aromatic heterocycles. The highest BCUT2D eigenvalue weighted by Crippen LogP contribution is 2.35. The van der Waals surface area contributed by atoms with Crippen molar-refractivity contribution < 1.29 is 13.2 Å². The Kier molecular flexibility index (Phi) is 5.18. The van der Waals surface area contributed by atoms with E-state index in [0.717, 1.165) is 30.7 Å². The molecule has 0 aliphatic carbocycles. The highest BCUT2D eigenvalue weighted by Gasteiger charge is 2.38. The van der Waals surface area contributed by atoms with E-state index in [1.165, 1.54) is 26.1 Å². The first kappa shape index (κ1) is 19.1. The third-order valence-corrected chi connectivity index (χ3v) is 9.93. The molecule has 27 heavy (non-hydrogen) atoms. The number of nitrogens with zero attached hydrogens (tertiary/aromatic N) is 2. The van der Waals surface area contributed by atoms with Gasteiger partial charge in [-0.15, -0.1) is 22.7 Å². The molecular formula is C19H24N2O3S3. The minimum absolute atomic E-state index is 0.0689. The third-order valence-electron chi connectivity index (χ3n) is 5.60. The van der Waals surface area contributed by atoms with Crippen LogP contribution < -0.4 is 0 Å². The van der Waals surface area contributed by atoms with Crippen LogP contribution in [0.25, 0.3) is 0 Å². The predicted molar refractivity (Wildman–Crippen MR) is 109 cm³/mol. The number of hydrogen-bond donors (Lipinski definition) is 0. The molecule has 146 valence electrons. The molecular weight excluding hydrogens is 400 g/mol. The minimum atomic E-state index is -3.51. The van der Waals surface area contributed by atoms with Crippen molar-refractivity contribution in [3.63, 3.8) is 0 Å². The maximum atomic E-state index is 13.2. The second-order valence-corrected chi connectivity index (χ2v) is 11.8. The number of thiophene rings is 2. The zero-order valence-corrected chi connectivity index (χ0v) is 18.0. The van der Waals surface area contributed by atoms with Crippen molar-refractivity contribution in [1.82, 2.24) is 9.21 Å². The van der Waals surface area contributed by atoms with Gasteiger partial charge in [-0.25, -0.2) is 8.42 Å². The molecule has 1 saturated heterocycles. The fourth-order valence-corrected chi connectivity index (χ4v) is 8.01. The number of aryl methyl sites for hydroxylation is 1. The van der Waals surface area contributed by atoms with Crippen LogP contribution in [0.1, 0.15) is 41.1 Å². The van der Waals surface area contributed by atoms with Crippen molar-refractivity contribution in [2.75, 3.05) is 19.6 Å². The standard InChI is InChI=1S/C19H24N2O3S3/c1-13-5-6-18(26-13)27(23,24)20-9-3-4-15(12-20)19(22)21-10-7-17-16(14(21)2)8-11-25-17/h5-6,8,11,14-15H,3-4,7,9-10,12H2,1-2H3/t14-,15+/m0/s1. The summed E-state index contributed by atoms with van der Waals surface area (Å²) >= 11 is 3.05. The number of carbonyl (C=O) groups is 1. The van der Waals surface area contributed by atoms with E-state index < -0.39 is 10.0 Å². The summed E-state index contributed by atoms with van der Waals surface area (Å²) in [4.78, 5) is 17.5. The van der Waals surface area contributed by atoms with Crippen LogP contribution in [0, 0.1) is 12.8 Å². The van der Waals surface area contributed by atoms with Crippen LogP contribution in [-0.2, 0) is 21.2 Å². The molecule has 8 heteroatoms. The van der Waals surface area contributed by atoms with Crippen molar-refractivity contribution in [3.05, 3.63) is 38.9 Å². The maximum absolute atomic E-state index is 13.2. The van der Waals surface area contributed by atoms with E-state index >= 15 is 0 Å². The Hall–Kier alpha value is -1.22. The first-order valence-electron chi connectivity index (χ1n) is 9.31. The van der Waals surface area contributed by atoms with E-state index in [1.807, 2.05) is 17.9 Å². The van der Waals surface area contributed by atoms with Gasteiger partial charge in [0.15, 0.2) is 0 Å². The molecule has 0 aromatic carbocycles. The number of hydrogen-bond acceptors (Lipinski definition) is 5. The van der Waals surface area contributed by atoms with Crippen molar-refractivity contribution in [3.8, 4) is 0 Å². The summed E-state index contributed by atoms with van der Waals surface area (Å²) in [6, 6.07) is 5.68. The Bertz CT molecular complexity index is 947. The zero-order chi connectivity index (χ0) is 19.2. The van der Waals surface area contributed by atoms with E-state index in [1.54, 1.807) is 17.4 Å². The second-order valence-electron chi connectivity index (χ2n) is 7.32. The number of sulfonamides is 1. The fourth-order valence-electron chi connectivity index (χ4n) is 4.09. The van der Waals surface area contributed by atoms with Gasteiger partial charge < -0.3 is 4.90 Å². The van der Waals surface area contributed by atoms with Crippen LogP contribution in [-0.4, -0.2) is 43.2 Å². The lowest BCUT2D eigenvalue weighted by Gasteiger charge is -2.38. The topological polar surface area (TPSA) is 57.7 Å². The van der Waals surface area contributed by atoms with Crippen LogP contribution in [0.3, 0.4) is 0 Å². The highest BCUT2D eigenvalue weighted by atomic mass is 32.2. The number of carbonyl (C=O) groups excluding carboxylic acids is 1. The first-order valence-corrected chi connectivity index (χ1v) is 12.4. The van der Waals surface area contributed by atoms with Crippen LogP contribution in [0.4, 0.5) is 0 Å². The molecule has 2 aromatic rings. The molecule has 0 N–H and O–H groups in total. The van der Waals surface area contributed by atoms with E-state index in [-0.39, 0.29) is 24.4 Å². The minimum Gasteiger partial charge on any atom is -0.335 e. The normalized spacial score (nSPS) is 24.0. The maximum Gasteiger partial charge on any atom is 0.252 e. The summed E-state index contributed by atoms with van der Waals surface area (Å²) in [5.41, 5.74) is 1.24. The molecule has 0 spiro atoms. The Labute approximate surface area is 168 Å². The van der Waals surface area contributed by atoms with Crippen LogP contribution >= 0.6 is 22.7 Å². The van der Waals surface area contributed by atoms with Gasteiger partial charge in [0.25, 0.3) is 10.0 Å². The zero-order valence-electron chi connectivity index (χ0n) is 15.6. The van der Waals surface area contributed by atoms with Gasteiger partial charge >= 0.3 is 0 Å². The number of amides is 1. The van der Waals surface area contributed by atoms with Gasteiger partial charge in [-0.2, -0.15) is 4.31 Å². The molecule has 4 rings (SSSR count). The quantitative estimate of drug-likeness (QED) is 0.755. The van der Waals surface area contributed by atoms with Crippen molar-refractivity contribution >= 4 is 38.6 Å². The fraction of sp³-hybridized carbons (Fsp3) is 0.526. The molecule has 2 aliphatic rings. The summed E-state index contributed by atoms with van der Waals surface area (Å²) in [6.45, 7) is 5.49. The average Bonchev–Trinajstić information content (AvgIpc) is 3.31. The molecule has 0 unspecified atom stereocenters. The number of rotatable bonds is 3. The first-order chi connectivity index (χ1) is 12.9. The molecule has 2 atom stereocenters. The number of fused-ring (bicyclic) bond motifs is 1. The van der Waals surface area contributed by atoms with Crippen molar-refractivity contribution in [2.45, 2.75) is 43.4 Å². The largest absolute Gasteiger partial charge is 0.335 e. The molecule has 1 fully saturated rings. The molecule has 1 amide bonds. The molecule has 0 saturated carbocycles. The molecule has 4 heterocycles. The van der Waals surface area contributed by atoms with Gasteiger partial charge in [-0.05, 0) is 62.3 Å². The molecule has 5 nitrogen and oxygen atoms in total. The van der Waals surface area contributed by atoms with Crippen molar-refractivity contribution in [2.24, 2.45) is 5.92 Å². The summed E-state index contributed by atoms with van der Waals surface area (Å²) in [6.07, 6.45) is 2.38. The summed E-state index contributed by atoms with van der Waals surface area (Å²) in [5.74, 6) is -0.154. The monoisotopic (exact) mass is 424 g/mol. The van der Waals surface area contributed by atoms with Gasteiger partial charge in [-0.1, -0.05) is 0 Å². The lowest BCUT2D eigenvalue weighted by atomic mass is 9.94. The van der Waals surface area contributed by atoms with Crippen molar-refractivity contribution in [1.29, 1.82) is 0 Å². The predicted octanol–water partition coefficient (Wildman–Crippen LogP) is 3.66. The molecule has 0 radical (unpaired) electrons. The van der Waals surface area contributed by atoms with Crippen LogP contribution in [0.15, 0.2) is 27.8 Å². The molecule has 2 aliphatic heterocycles. The van der Waals surface area contributed by atoms with Gasteiger partial charge in [0.2, 0.25) is 5.91 Å². The number of piperidine rings is 1. The Balaban J connectivity index is 1.51. The van der Waals surface area contributed by atoms with Crippen LogP contribution in [0.5, 0.6) is 0 Å².